The van der Waals surface area contributed by atoms with E-state index in [1.165, 1.54) is 0 Å². The molecule has 0 N–H and O–H groups in total. The van der Waals surface area contributed by atoms with Crippen LogP contribution in [0.25, 0.3) is 0 Å². The SMILES string of the molecule is CN(c1ccccc1)c1ccccc1CC#N. The van der Waals surface area contributed by atoms with Crippen LogP contribution in [-0.4, -0.2) is 7.05 Å². The molecule has 84 valence electrons. The van der Waals surface area contributed by atoms with Crippen molar-refractivity contribution < 1.29 is 0 Å². The van der Waals surface area contributed by atoms with E-state index in [-0.39, 0.29) is 0 Å². The minimum atomic E-state index is 0.438. The van der Waals surface area contributed by atoms with Gasteiger partial charge in [0.1, 0.15) is 0 Å². The maximum atomic E-state index is 8.83. The highest BCUT2D eigenvalue weighted by atomic mass is 15.1. The molecule has 0 fully saturated rings. The summed E-state index contributed by atoms with van der Waals surface area (Å²) in [7, 11) is 2.02. The minimum absolute atomic E-state index is 0.438. The summed E-state index contributed by atoms with van der Waals surface area (Å²) in [5, 5.41) is 8.83. The Morgan fingerprint density at radius 2 is 1.65 bits per heavy atom. The molecule has 0 aliphatic rings. The fourth-order valence-corrected chi connectivity index (χ4v) is 1.86. The summed E-state index contributed by atoms with van der Waals surface area (Å²) in [4.78, 5) is 2.10. The van der Waals surface area contributed by atoms with Crippen molar-refractivity contribution in [2.24, 2.45) is 0 Å². The van der Waals surface area contributed by atoms with Crippen LogP contribution >= 0.6 is 0 Å². The van der Waals surface area contributed by atoms with Crippen molar-refractivity contribution in [3.8, 4) is 6.07 Å². The quantitative estimate of drug-likeness (QED) is 0.794. The largest absolute Gasteiger partial charge is 0.344 e. The molecule has 0 atom stereocenters. The molecule has 0 aliphatic heterocycles. The van der Waals surface area contributed by atoms with Crippen molar-refractivity contribution in [1.82, 2.24) is 0 Å². The Hall–Kier alpha value is -2.27. The fraction of sp³-hybridized carbons (Fsp3) is 0.133. The van der Waals surface area contributed by atoms with Crippen molar-refractivity contribution in [2.45, 2.75) is 6.42 Å². The average molecular weight is 222 g/mol. The number of hydrogen-bond acceptors (Lipinski definition) is 2. The van der Waals surface area contributed by atoms with Gasteiger partial charge in [0.25, 0.3) is 0 Å². The van der Waals surface area contributed by atoms with Gasteiger partial charge in [-0.2, -0.15) is 5.26 Å². The smallest absolute Gasteiger partial charge is 0.0670 e. The van der Waals surface area contributed by atoms with E-state index in [9.17, 15) is 0 Å². The second kappa shape index (κ2) is 5.18. The summed E-state index contributed by atoms with van der Waals surface area (Å²) in [6.45, 7) is 0. The Bertz CT molecular complexity index is 526. The molecule has 2 aromatic carbocycles. The summed E-state index contributed by atoms with van der Waals surface area (Å²) in [6.07, 6.45) is 0.438. The van der Waals surface area contributed by atoms with Crippen LogP contribution in [0.5, 0.6) is 0 Å². The zero-order valence-electron chi connectivity index (χ0n) is 9.80. The molecular weight excluding hydrogens is 208 g/mol. The van der Waals surface area contributed by atoms with Gasteiger partial charge in [0.05, 0.1) is 12.5 Å². The number of nitrogens with zero attached hydrogens (tertiary/aromatic N) is 2. The van der Waals surface area contributed by atoms with Crippen molar-refractivity contribution in [1.29, 1.82) is 5.26 Å². The highest BCUT2D eigenvalue weighted by Gasteiger charge is 2.07. The van der Waals surface area contributed by atoms with Crippen LogP contribution in [0.3, 0.4) is 0 Å². The van der Waals surface area contributed by atoms with Crippen molar-refractivity contribution >= 4 is 11.4 Å². The molecule has 0 amide bonds. The van der Waals surface area contributed by atoms with Gasteiger partial charge < -0.3 is 4.90 Å². The minimum Gasteiger partial charge on any atom is -0.344 e. The van der Waals surface area contributed by atoms with Crippen LogP contribution in [0.4, 0.5) is 11.4 Å². The van der Waals surface area contributed by atoms with E-state index >= 15 is 0 Å². The summed E-state index contributed by atoms with van der Waals surface area (Å²) in [5.74, 6) is 0. The summed E-state index contributed by atoms with van der Waals surface area (Å²) < 4.78 is 0. The van der Waals surface area contributed by atoms with E-state index in [1.54, 1.807) is 0 Å². The van der Waals surface area contributed by atoms with Gasteiger partial charge in [0.2, 0.25) is 0 Å². The average Bonchev–Trinajstić information content (AvgIpc) is 2.40. The molecule has 0 bridgehead atoms. The molecular formula is C15H14N2. The maximum absolute atomic E-state index is 8.83. The lowest BCUT2D eigenvalue weighted by atomic mass is 10.1. The van der Waals surface area contributed by atoms with Crippen molar-refractivity contribution in [3.05, 3.63) is 60.2 Å². The predicted molar refractivity (Wildman–Crippen MR) is 70.3 cm³/mol. The van der Waals surface area contributed by atoms with E-state index in [1.807, 2.05) is 49.5 Å². The van der Waals surface area contributed by atoms with E-state index in [0.717, 1.165) is 16.9 Å². The third-order valence-corrected chi connectivity index (χ3v) is 2.77. The molecule has 0 saturated carbocycles. The number of benzene rings is 2. The molecule has 0 radical (unpaired) electrons. The third-order valence-electron chi connectivity index (χ3n) is 2.77. The Labute approximate surface area is 102 Å². The van der Waals surface area contributed by atoms with Crippen LogP contribution in [0.15, 0.2) is 54.6 Å². The Morgan fingerprint density at radius 1 is 1.00 bits per heavy atom. The molecule has 0 saturated heterocycles. The Morgan fingerprint density at radius 3 is 2.35 bits per heavy atom. The molecule has 2 heteroatoms. The normalized spacial score (nSPS) is 9.65. The Kier molecular flexibility index (Phi) is 3.42. The van der Waals surface area contributed by atoms with Crippen LogP contribution in [0.2, 0.25) is 0 Å². The summed E-state index contributed by atoms with van der Waals surface area (Å²) in [5.41, 5.74) is 3.26. The van der Waals surface area contributed by atoms with Gasteiger partial charge >= 0.3 is 0 Å². The van der Waals surface area contributed by atoms with Gasteiger partial charge in [0, 0.05) is 18.4 Å². The first-order valence-electron chi connectivity index (χ1n) is 5.56. The predicted octanol–water partition coefficient (Wildman–Crippen LogP) is 3.52. The van der Waals surface area contributed by atoms with Gasteiger partial charge in [0.15, 0.2) is 0 Å². The number of anilines is 2. The van der Waals surface area contributed by atoms with E-state index in [4.69, 9.17) is 5.26 Å². The van der Waals surface area contributed by atoms with Crippen LogP contribution in [0.1, 0.15) is 5.56 Å². The van der Waals surface area contributed by atoms with Gasteiger partial charge in [-0.25, -0.2) is 0 Å². The molecule has 2 rings (SSSR count). The molecule has 0 aliphatic carbocycles. The number of para-hydroxylation sites is 2. The summed E-state index contributed by atoms with van der Waals surface area (Å²) >= 11 is 0. The number of rotatable bonds is 3. The zero-order valence-corrected chi connectivity index (χ0v) is 9.80. The second-order valence-corrected chi connectivity index (χ2v) is 3.86. The van der Waals surface area contributed by atoms with Crippen LogP contribution in [0, 0.1) is 11.3 Å². The topological polar surface area (TPSA) is 27.0 Å². The highest BCUT2D eigenvalue weighted by molar-refractivity contribution is 5.65. The van der Waals surface area contributed by atoms with E-state index in [2.05, 4.69) is 23.1 Å². The first kappa shape index (κ1) is 11.2. The van der Waals surface area contributed by atoms with Crippen molar-refractivity contribution in [2.75, 3.05) is 11.9 Å². The van der Waals surface area contributed by atoms with E-state index < -0.39 is 0 Å². The lowest BCUT2D eigenvalue weighted by Gasteiger charge is -2.21. The molecule has 17 heavy (non-hydrogen) atoms. The zero-order chi connectivity index (χ0) is 12.1. The van der Waals surface area contributed by atoms with E-state index in [0.29, 0.717) is 6.42 Å². The standard InChI is InChI=1S/C15H14N2/c1-17(14-8-3-2-4-9-14)15-10-6-5-7-13(15)11-12-16/h2-10H,11H2,1H3. The van der Waals surface area contributed by atoms with Gasteiger partial charge in [-0.15, -0.1) is 0 Å². The van der Waals surface area contributed by atoms with Crippen LogP contribution < -0.4 is 4.90 Å². The maximum Gasteiger partial charge on any atom is 0.0670 e. The molecule has 2 nitrogen and oxygen atoms in total. The lowest BCUT2D eigenvalue weighted by molar-refractivity contribution is 1.15. The first-order chi connectivity index (χ1) is 8.33. The van der Waals surface area contributed by atoms with Gasteiger partial charge in [-0.1, -0.05) is 36.4 Å². The fourth-order valence-electron chi connectivity index (χ4n) is 1.86. The Balaban J connectivity index is 2.38. The van der Waals surface area contributed by atoms with Gasteiger partial charge in [-0.05, 0) is 23.8 Å². The first-order valence-corrected chi connectivity index (χ1v) is 5.56. The third kappa shape index (κ3) is 2.46. The molecule has 0 unspecified atom stereocenters. The summed E-state index contributed by atoms with van der Waals surface area (Å²) in [6, 6.07) is 20.3. The van der Waals surface area contributed by atoms with Crippen LogP contribution in [-0.2, 0) is 6.42 Å². The van der Waals surface area contributed by atoms with Crippen molar-refractivity contribution in [3.63, 3.8) is 0 Å². The monoisotopic (exact) mass is 222 g/mol. The molecule has 0 aromatic heterocycles. The lowest BCUT2D eigenvalue weighted by Crippen LogP contribution is -2.11. The molecule has 2 aromatic rings. The molecule has 0 heterocycles. The number of hydrogen-bond donors (Lipinski definition) is 0. The number of nitriles is 1. The highest BCUT2D eigenvalue weighted by Crippen LogP contribution is 2.26. The van der Waals surface area contributed by atoms with Gasteiger partial charge in [-0.3, -0.25) is 0 Å². The second-order valence-electron chi connectivity index (χ2n) is 3.86. The molecule has 0 spiro atoms.